The number of amides is 2. The lowest BCUT2D eigenvalue weighted by atomic mass is 9.90. The van der Waals surface area contributed by atoms with E-state index in [1.807, 2.05) is 46.7 Å². The molecule has 1 atom stereocenters. The van der Waals surface area contributed by atoms with Crippen molar-refractivity contribution in [2.75, 3.05) is 27.3 Å². The zero-order chi connectivity index (χ0) is 23.2. The number of thiophene rings is 1. The maximum absolute atomic E-state index is 13.3. The molecule has 172 valence electrons. The van der Waals surface area contributed by atoms with E-state index in [-0.39, 0.29) is 17.9 Å². The van der Waals surface area contributed by atoms with Gasteiger partial charge in [0.15, 0.2) is 11.5 Å². The van der Waals surface area contributed by atoms with Crippen molar-refractivity contribution in [3.63, 3.8) is 0 Å². The quantitative estimate of drug-likeness (QED) is 0.500. The van der Waals surface area contributed by atoms with Gasteiger partial charge in [0.25, 0.3) is 5.91 Å². The maximum atomic E-state index is 13.3. The van der Waals surface area contributed by atoms with Crippen LogP contribution in [0.1, 0.15) is 45.2 Å². The summed E-state index contributed by atoms with van der Waals surface area (Å²) in [6.07, 6.45) is 1.72. The van der Waals surface area contributed by atoms with E-state index in [9.17, 15) is 9.59 Å². The summed E-state index contributed by atoms with van der Waals surface area (Å²) in [5.41, 5.74) is 2.87. The Morgan fingerprint density at radius 3 is 2.52 bits per heavy atom. The summed E-state index contributed by atoms with van der Waals surface area (Å²) in [4.78, 5) is 28.6. The van der Waals surface area contributed by atoms with E-state index in [0.717, 1.165) is 16.9 Å². The minimum Gasteiger partial charge on any atom is -0.493 e. The van der Waals surface area contributed by atoms with Crippen molar-refractivity contribution in [3.8, 4) is 11.5 Å². The first-order chi connectivity index (χ1) is 16.1. The molecular weight excluding hydrogens is 436 g/mol. The molecule has 2 heterocycles. The number of nitrogens with zero attached hydrogens (tertiary/aromatic N) is 1. The van der Waals surface area contributed by atoms with Crippen LogP contribution >= 0.6 is 11.3 Å². The van der Waals surface area contributed by atoms with Crippen LogP contribution in [0.25, 0.3) is 0 Å². The highest BCUT2D eigenvalue weighted by molar-refractivity contribution is 7.10. The number of nitrogens with one attached hydrogen (secondary N) is 1. The van der Waals surface area contributed by atoms with Gasteiger partial charge in [-0.3, -0.25) is 9.59 Å². The predicted octanol–water partition coefficient (Wildman–Crippen LogP) is 4.45. The number of fused-ring (bicyclic) bond motifs is 1. The fourth-order valence-corrected chi connectivity index (χ4v) is 5.10. The van der Waals surface area contributed by atoms with E-state index in [0.29, 0.717) is 43.0 Å². The minimum absolute atomic E-state index is 0.0859. The van der Waals surface area contributed by atoms with Gasteiger partial charge in [-0.1, -0.05) is 24.3 Å². The number of carbonyl (C=O) groups is 2. The van der Waals surface area contributed by atoms with E-state index in [4.69, 9.17) is 9.47 Å². The van der Waals surface area contributed by atoms with Gasteiger partial charge in [0.1, 0.15) is 0 Å². The molecular formula is C26H28N2O4S. The number of ether oxygens (including phenoxy) is 2. The monoisotopic (exact) mass is 464 g/mol. The summed E-state index contributed by atoms with van der Waals surface area (Å²) in [6, 6.07) is 17.1. The Balaban J connectivity index is 1.46. The Kier molecular flexibility index (Phi) is 7.29. The standard InChI is InChI=1S/C26H28N2O4S/c1-31-21-16-19-12-14-28(25(23-10-7-15-33-23)20(19)17-22(21)32-2)24(29)11-6-13-27-26(30)18-8-4-3-5-9-18/h3-5,7-10,15-17,25H,6,11-14H2,1-2H3,(H,27,30). The molecule has 7 heteroatoms. The zero-order valence-corrected chi connectivity index (χ0v) is 19.7. The number of rotatable bonds is 8. The van der Waals surface area contributed by atoms with Crippen LogP contribution in [-0.4, -0.2) is 44.0 Å². The molecule has 0 aliphatic carbocycles. The second-order valence-electron chi connectivity index (χ2n) is 7.89. The molecule has 0 spiro atoms. The van der Waals surface area contributed by atoms with E-state index >= 15 is 0 Å². The molecule has 0 bridgehead atoms. The molecule has 1 unspecified atom stereocenters. The summed E-state index contributed by atoms with van der Waals surface area (Å²) >= 11 is 1.64. The van der Waals surface area contributed by atoms with Gasteiger partial charge in [-0.25, -0.2) is 0 Å². The average molecular weight is 465 g/mol. The largest absolute Gasteiger partial charge is 0.493 e. The first-order valence-corrected chi connectivity index (χ1v) is 11.9. The molecule has 2 amide bonds. The summed E-state index contributed by atoms with van der Waals surface area (Å²) in [7, 11) is 3.26. The smallest absolute Gasteiger partial charge is 0.251 e. The lowest BCUT2D eigenvalue weighted by Gasteiger charge is -2.37. The van der Waals surface area contributed by atoms with Crippen molar-refractivity contribution in [2.24, 2.45) is 0 Å². The van der Waals surface area contributed by atoms with Gasteiger partial charge in [0, 0.05) is 30.0 Å². The Hall–Kier alpha value is -3.32. The van der Waals surface area contributed by atoms with Crippen LogP contribution in [-0.2, 0) is 11.2 Å². The molecule has 1 aliphatic heterocycles. The predicted molar refractivity (Wildman–Crippen MR) is 129 cm³/mol. The topological polar surface area (TPSA) is 67.9 Å². The molecule has 0 saturated heterocycles. The van der Waals surface area contributed by atoms with Crippen LogP contribution < -0.4 is 14.8 Å². The fourth-order valence-electron chi connectivity index (χ4n) is 4.24. The normalized spacial score (nSPS) is 15.0. The third-order valence-corrected chi connectivity index (χ3v) is 6.82. The van der Waals surface area contributed by atoms with E-state index in [1.54, 1.807) is 37.7 Å². The number of methoxy groups -OCH3 is 2. The highest BCUT2D eigenvalue weighted by Crippen LogP contribution is 2.42. The second-order valence-corrected chi connectivity index (χ2v) is 8.87. The van der Waals surface area contributed by atoms with Crippen molar-refractivity contribution >= 4 is 23.2 Å². The van der Waals surface area contributed by atoms with Crippen molar-refractivity contribution in [1.29, 1.82) is 0 Å². The SMILES string of the molecule is COc1cc2c(cc1OC)C(c1cccs1)N(C(=O)CCCNC(=O)c1ccccc1)CC2. The van der Waals surface area contributed by atoms with Crippen LogP contribution in [0.3, 0.4) is 0 Å². The van der Waals surface area contributed by atoms with E-state index in [2.05, 4.69) is 11.4 Å². The van der Waals surface area contributed by atoms with Crippen LogP contribution in [0.2, 0.25) is 0 Å². The number of carbonyl (C=O) groups excluding carboxylic acids is 2. The summed E-state index contributed by atoms with van der Waals surface area (Å²) in [5, 5.41) is 4.94. The fraction of sp³-hybridized carbons (Fsp3) is 0.308. The second kappa shape index (κ2) is 10.5. The molecule has 3 aromatic rings. The van der Waals surface area contributed by atoms with E-state index < -0.39 is 0 Å². The van der Waals surface area contributed by atoms with Gasteiger partial charge in [-0.05, 0) is 59.7 Å². The molecule has 0 radical (unpaired) electrons. The van der Waals surface area contributed by atoms with Crippen LogP contribution in [0.4, 0.5) is 0 Å². The maximum Gasteiger partial charge on any atom is 0.251 e. The summed E-state index contributed by atoms with van der Waals surface area (Å²) in [5.74, 6) is 1.33. The van der Waals surface area contributed by atoms with E-state index in [1.165, 1.54) is 5.56 Å². The zero-order valence-electron chi connectivity index (χ0n) is 18.9. The molecule has 1 N–H and O–H groups in total. The highest BCUT2D eigenvalue weighted by Gasteiger charge is 2.33. The molecule has 4 rings (SSSR count). The first-order valence-electron chi connectivity index (χ1n) is 11.0. The van der Waals surface area contributed by atoms with Gasteiger partial charge in [0.05, 0.1) is 20.3 Å². The molecule has 6 nitrogen and oxygen atoms in total. The number of benzene rings is 2. The van der Waals surface area contributed by atoms with Crippen molar-refractivity contribution in [2.45, 2.75) is 25.3 Å². The van der Waals surface area contributed by atoms with Crippen LogP contribution in [0.5, 0.6) is 11.5 Å². The summed E-state index contributed by atoms with van der Waals surface area (Å²) < 4.78 is 11.0. The highest BCUT2D eigenvalue weighted by atomic mass is 32.1. The van der Waals surface area contributed by atoms with Gasteiger partial charge in [-0.2, -0.15) is 0 Å². The molecule has 1 aliphatic rings. The van der Waals surface area contributed by atoms with Gasteiger partial charge >= 0.3 is 0 Å². The molecule has 2 aromatic carbocycles. The third-order valence-electron chi connectivity index (χ3n) is 5.90. The lowest BCUT2D eigenvalue weighted by molar-refractivity contribution is -0.133. The number of hydrogen-bond acceptors (Lipinski definition) is 5. The van der Waals surface area contributed by atoms with Gasteiger partial charge < -0.3 is 19.7 Å². The average Bonchev–Trinajstić information content (AvgIpc) is 3.39. The van der Waals surface area contributed by atoms with Gasteiger partial charge in [-0.15, -0.1) is 11.3 Å². The van der Waals surface area contributed by atoms with Crippen LogP contribution in [0, 0.1) is 0 Å². The molecule has 0 saturated carbocycles. The molecule has 33 heavy (non-hydrogen) atoms. The molecule has 0 fully saturated rings. The van der Waals surface area contributed by atoms with Crippen molar-refractivity contribution in [3.05, 3.63) is 81.5 Å². The lowest BCUT2D eigenvalue weighted by Crippen LogP contribution is -2.40. The Labute approximate surface area is 198 Å². The first kappa shape index (κ1) is 22.9. The van der Waals surface area contributed by atoms with Gasteiger partial charge in [0.2, 0.25) is 5.91 Å². The Morgan fingerprint density at radius 1 is 1.06 bits per heavy atom. The van der Waals surface area contributed by atoms with Crippen molar-refractivity contribution < 1.29 is 19.1 Å². The minimum atomic E-state index is -0.153. The Morgan fingerprint density at radius 2 is 1.82 bits per heavy atom. The number of hydrogen-bond donors (Lipinski definition) is 1. The third kappa shape index (κ3) is 5.03. The molecule has 1 aromatic heterocycles. The Bertz CT molecular complexity index is 1100. The van der Waals surface area contributed by atoms with Crippen molar-refractivity contribution in [1.82, 2.24) is 10.2 Å². The summed E-state index contributed by atoms with van der Waals surface area (Å²) in [6.45, 7) is 1.10. The van der Waals surface area contributed by atoms with Crippen LogP contribution in [0.15, 0.2) is 60.0 Å².